The number of nitrogens with zero attached hydrogens (tertiary/aromatic N) is 1. The maximum absolute atomic E-state index is 13.5. The van der Waals surface area contributed by atoms with Gasteiger partial charge >= 0.3 is 0 Å². The molecule has 4 rings (SSSR count). The van der Waals surface area contributed by atoms with Gasteiger partial charge in [0.2, 0.25) is 0 Å². The van der Waals surface area contributed by atoms with Crippen LogP contribution in [-0.4, -0.2) is 28.7 Å². The standard InChI is InChI=1S/C24H28FNO/c25-21-13-11-20(12-14-21)23-22-10-4-5-15-24(22,27)16-18-26(23)17-6-9-19-7-2-1-3-8-19/h1-3,6-9,11-14,22-23,27H,4-5,10,15-18H2/b9-6+/t22-,23+,24-/m1/s1. The number of aliphatic hydroxyl groups is 1. The van der Waals surface area contributed by atoms with Crippen LogP contribution in [0.5, 0.6) is 0 Å². The molecule has 2 nitrogen and oxygen atoms in total. The second-order valence-corrected chi connectivity index (χ2v) is 8.01. The summed E-state index contributed by atoms with van der Waals surface area (Å²) < 4.78 is 13.5. The minimum Gasteiger partial charge on any atom is -0.389 e. The largest absolute Gasteiger partial charge is 0.389 e. The molecule has 1 aliphatic heterocycles. The lowest BCUT2D eigenvalue weighted by atomic mass is 9.66. The first-order valence-electron chi connectivity index (χ1n) is 10.1. The number of likely N-dealkylation sites (tertiary alicyclic amines) is 1. The summed E-state index contributed by atoms with van der Waals surface area (Å²) in [4.78, 5) is 2.46. The maximum atomic E-state index is 13.5. The summed E-state index contributed by atoms with van der Waals surface area (Å²) in [6.07, 6.45) is 9.40. The van der Waals surface area contributed by atoms with E-state index in [4.69, 9.17) is 0 Å². The van der Waals surface area contributed by atoms with Gasteiger partial charge in [0.25, 0.3) is 0 Å². The van der Waals surface area contributed by atoms with Crippen molar-refractivity contribution in [2.45, 2.75) is 43.7 Å². The lowest BCUT2D eigenvalue weighted by Crippen LogP contribution is -2.54. The molecule has 2 aromatic rings. The van der Waals surface area contributed by atoms with Gasteiger partial charge in [-0.1, -0.05) is 67.5 Å². The molecule has 0 bridgehead atoms. The highest BCUT2D eigenvalue weighted by Gasteiger charge is 2.48. The highest BCUT2D eigenvalue weighted by atomic mass is 19.1. The zero-order valence-corrected chi connectivity index (χ0v) is 15.7. The van der Waals surface area contributed by atoms with Crippen molar-refractivity contribution in [1.82, 2.24) is 4.90 Å². The van der Waals surface area contributed by atoms with Crippen LogP contribution in [0.1, 0.15) is 49.3 Å². The van der Waals surface area contributed by atoms with Gasteiger partial charge in [0.15, 0.2) is 0 Å². The summed E-state index contributed by atoms with van der Waals surface area (Å²) in [5.74, 6) is 0.0135. The summed E-state index contributed by atoms with van der Waals surface area (Å²) in [5, 5.41) is 11.3. The average Bonchev–Trinajstić information content (AvgIpc) is 2.69. The number of halogens is 1. The van der Waals surface area contributed by atoms with Gasteiger partial charge in [0.05, 0.1) is 5.60 Å². The summed E-state index contributed by atoms with van der Waals surface area (Å²) >= 11 is 0. The van der Waals surface area contributed by atoms with Gasteiger partial charge in [-0.25, -0.2) is 4.39 Å². The van der Waals surface area contributed by atoms with E-state index in [0.29, 0.717) is 0 Å². The quantitative estimate of drug-likeness (QED) is 0.804. The fourth-order valence-corrected chi connectivity index (χ4v) is 4.94. The predicted molar refractivity (Wildman–Crippen MR) is 108 cm³/mol. The molecule has 1 N–H and O–H groups in total. The van der Waals surface area contributed by atoms with Crippen LogP contribution < -0.4 is 0 Å². The fraction of sp³-hybridized carbons (Fsp3) is 0.417. The van der Waals surface area contributed by atoms with E-state index in [1.165, 1.54) is 12.0 Å². The molecule has 0 amide bonds. The number of hydrogen-bond acceptors (Lipinski definition) is 2. The molecular formula is C24H28FNO. The van der Waals surface area contributed by atoms with Gasteiger partial charge in [-0.2, -0.15) is 0 Å². The lowest BCUT2D eigenvalue weighted by molar-refractivity contribution is -0.122. The van der Waals surface area contributed by atoms with Crippen LogP contribution in [-0.2, 0) is 0 Å². The van der Waals surface area contributed by atoms with Crippen molar-refractivity contribution in [2.75, 3.05) is 13.1 Å². The zero-order chi connectivity index (χ0) is 18.7. The summed E-state index contributed by atoms with van der Waals surface area (Å²) in [7, 11) is 0. The smallest absolute Gasteiger partial charge is 0.123 e. The molecule has 1 saturated carbocycles. The molecule has 0 aromatic heterocycles. The summed E-state index contributed by atoms with van der Waals surface area (Å²) in [5.41, 5.74) is 1.74. The number of benzene rings is 2. The molecule has 1 saturated heterocycles. The van der Waals surface area contributed by atoms with E-state index < -0.39 is 5.60 Å². The maximum Gasteiger partial charge on any atom is 0.123 e. The summed E-state index contributed by atoms with van der Waals surface area (Å²) in [6, 6.07) is 17.3. The first-order valence-corrected chi connectivity index (χ1v) is 10.1. The minimum atomic E-state index is -0.572. The van der Waals surface area contributed by atoms with Crippen molar-refractivity contribution in [3.8, 4) is 0 Å². The van der Waals surface area contributed by atoms with Crippen LogP contribution in [0.15, 0.2) is 60.7 Å². The number of hydrogen-bond donors (Lipinski definition) is 1. The molecule has 3 atom stereocenters. The highest BCUT2D eigenvalue weighted by Crippen LogP contribution is 2.49. The zero-order valence-electron chi connectivity index (χ0n) is 15.7. The fourth-order valence-electron chi connectivity index (χ4n) is 4.94. The van der Waals surface area contributed by atoms with Crippen LogP contribution >= 0.6 is 0 Å². The molecule has 1 aliphatic carbocycles. The van der Waals surface area contributed by atoms with Crippen molar-refractivity contribution in [2.24, 2.45) is 5.92 Å². The Bertz CT molecular complexity index is 773. The molecule has 0 unspecified atom stereocenters. The normalized spacial score (nSPS) is 29.0. The Morgan fingerprint density at radius 3 is 2.59 bits per heavy atom. The predicted octanol–water partition coefficient (Wildman–Crippen LogP) is 5.21. The van der Waals surface area contributed by atoms with Gasteiger partial charge in [-0.05, 0) is 42.5 Å². The van der Waals surface area contributed by atoms with Gasteiger partial charge < -0.3 is 5.11 Å². The number of fused-ring (bicyclic) bond motifs is 1. The molecule has 3 heteroatoms. The van der Waals surface area contributed by atoms with Crippen molar-refractivity contribution in [3.63, 3.8) is 0 Å². The third kappa shape index (κ3) is 3.99. The van der Waals surface area contributed by atoms with E-state index in [1.807, 2.05) is 30.3 Å². The van der Waals surface area contributed by atoms with Crippen LogP contribution in [0.3, 0.4) is 0 Å². The first kappa shape index (κ1) is 18.4. The monoisotopic (exact) mass is 365 g/mol. The van der Waals surface area contributed by atoms with Crippen LogP contribution in [0.25, 0.3) is 6.08 Å². The van der Waals surface area contributed by atoms with Crippen LogP contribution in [0.2, 0.25) is 0 Å². The second kappa shape index (κ2) is 7.95. The average molecular weight is 365 g/mol. The highest BCUT2D eigenvalue weighted by molar-refractivity contribution is 5.48. The third-order valence-electron chi connectivity index (χ3n) is 6.33. The molecule has 2 aliphatic rings. The van der Waals surface area contributed by atoms with Crippen LogP contribution in [0, 0.1) is 11.7 Å². The molecule has 0 radical (unpaired) electrons. The lowest BCUT2D eigenvalue weighted by Gasteiger charge is -2.52. The summed E-state index contributed by atoms with van der Waals surface area (Å²) in [6.45, 7) is 1.71. The van der Waals surface area contributed by atoms with Crippen molar-refractivity contribution >= 4 is 6.08 Å². The second-order valence-electron chi connectivity index (χ2n) is 8.01. The van der Waals surface area contributed by atoms with Crippen molar-refractivity contribution < 1.29 is 9.50 Å². The molecule has 2 fully saturated rings. The van der Waals surface area contributed by atoms with E-state index in [2.05, 4.69) is 29.2 Å². The number of rotatable bonds is 4. The molecule has 1 heterocycles. The van der Waals surface area contributed by atoms with Gasteiger partial charge in [-0.15, -0.1) is 0 Å². The van der Waals surface area contributed by atoms with E-state index in [9.17, 15) is 9.50 Å². The molecule has 142 valence electrons. The van der Waals surface area contributed by atoms with Crippen molar-refractivity contribution in [1.29, 1.82) is 0 Å². The molecule has 0 spiro atoms. The number of piperidine rings is 1. The van der Waals surface area contributed by atoms with E-state index in [1.54, 1.807) is 12.1 Å². The molecule has 27 heavy (non-hydrogen) atoms. The molecular weight excluding hydrogens is 337 g/mol. The Kier molecular flexibility index (Phi) is 5.42. The Balaban J connectivity index is 1.58. The Morgan fingerprint density at radius 2 is 1.81 bits per heavy atom. The topological polar surface area (TPSA) is 23.5 Å². The van der Waals surface area contributed by atoms with Gasteiger partial charge in [0.1, 0.15) is 5.82 Å². The first-order chi connectivity index (χ1) is 13.2. The van der Waals surface area contributed by atoms with Crippen LogP contribution in [0.4, 0.5) is 4.39 Å². The van der Waals surface area contributed by atoms with Crippen molar-refractivity contribution in [3.05, 3.63) is 77.6 Å². The van der Waals surface area contributed by atoms with Gasteiger partial charge in [0, 0.05) is 25.0 Å². The Morgan fingerprint density at radius 1 is 1.04 bits per heavy atom. The van der Waals surface area contributed by atoms with E-state index >= 15 is 0 Å². The van der Waals surface area contributed by atoms with E-state index in [0.717, 1.165) is 44.3 Å². The third-order valence-corrected chi connectivity index (χ3v) is 6.33. The van der Waals surface area contributed by atoms with Gasteiger partial charge in [-0.3, -0.25) is 4.90 Å². The Labute approximate surface area is 161 Å². The molecule has 2 aromatic carbocycles. The minimum absolute atomic E-state index is 0.144. The van der Waals surface area contributed by atoms with E-state index in [-0.39, 0.29) is 17.8 Å². The Hall–Kier alpha value is -1.97. The SMILES string of the molecule is O[C@@]12CCCC[C@@H]1[C@H](c1ccc(F)cc1)N(C/C=C/c1ccccc1)CC2.